The summed E-state index contributed by atoms with van der Waals surface area (Å²) in [7, 11) is -3.05. The van der Waals surface area contributed by atoms with E-state index in [1.165, 1.54) is 4.90 Å². The van der Waals surface area contributed by atoms with Gasteiger partial charge < -0.3 is 4.74 Å². The molecule has 1 saturated heterocycles. The number of carbonyl (C=O) groups excluding carboxylic acids is 1. The lowest BCUT2D eigenvalue weighted by molar-refractivity contribution is 0.0739. The highest BCUT2D eigenvalue weighted by molar-refractivity contribution is 7.91. The Bertz CT molecular complexity index is 404. The summed E-state index contributed by atoms with van der Waals surface area (Å²) >= 11 is 0. The zero-order valence-corrected chi connectivity index (χ0v) is 11.1. The van der Waals surface area contributed by atoms with Crippen LogP contribution in [-0.2, 0) is 14.6 Å². The van der Waals surface area contributed by atoms with Crippen LogP contribution in [-0.4, -0.2) is 49.6 Å². The lowest BCUT2D eigenvalue weighted by atomic mass is 10.00. The number of hydrogen-bond donors (Lipinski definition) is 0. The molecule has 1 aliphatic heterocycles. The van der Waals surface area contributed by atoms with Gasteiger partial charge in [0.1, 0.15) is 0 Å². The van der Waals surface area contributed by atoms with Crippen LogP contribution in [0.4, 0.5) is 4.79 Å². The zero-order valence-electron chi connectivity index (χ0n) is 10.3. The minimum absolute atomic E-state index is 0.00729. The van der Waals surface area contributed by atoms with Crippen molar-refractivity contribution < 1.29 is 17.9 Å². The molecule has 6 heteroatoms. The summed E-state index contributed by atoms with van der Waals surface area (Å²) in [5.41, 5.74) is -0.681. The highest BCUT2D eigenvalue weighted by atomic mass is 32.2. The van der Waals surface area contributed by atoms with Crippen molar-refractivity contribution in [2.75, 3.05) is 24.7 Å². The molecule has 0 saturated carbocycles. The predicted octanol–water partition coefficient (Wildman–Crippen LogP) is 1.21. The summed E-state index contributed by atoms with van der Waals surface area (Å²) in [6.07, 6.45) is 1.54. The standard InChI is InChI=1S/C11H19NO4S/c1-4-7-12(10(13)16-5-2)11(3)6-8-17(14,15)9-11/h4H,1,5-9H2,2-3H3/t11-/m0/s1. The van der Waals surface area contributed by atoms with Gasteiger partial charge in [0.15, 0.2) is 9.84 Å². The van der Waals surface area contributed by atoms with E-state index in [-0.39, 0.29) is 18.1 Å². The number of carbonyl (C=O) groups is 1. The van der Waals surface area contributed by atoms with Crippen molar-refractivity contribution in [2.45, 2.75) is 25.8 Å². The molecule has 0 radical (unpaired) electrons. The molecule has 0 unspecified atom stereocenters. The fourth-order valence-corrected chi connectivity index (χ4v) is 4.19. The smallest absolute Gasteiger partial charge is 0.410 e. The topological polar surface area (TPSA) is 63.7 Å². The molecule has 1 aliphatic rings. The average molecular weight is 261 g/mol. The second kappa shape index (κ2) is 5.08. The Labute approximate surface area is 102 Å². The van der Waals surface area contributed by atoms with E-state index < -0.39 is 21.5 Å². The SMILES string of the molecule is C=CCN(C(=O)OCC)[C@@]1(C)CCS(=O)(=O)C1. The minimum atomic E-state index is -3.05. The van der Waals surface area contributed by atoms with Crippen molar-refractivity contribution >= 4 is 15.9 Å². The molecule has 5 nitrogen and oxygen atoms in total. The van der Waals surface area contributed by atoms with E-state index in [1.54, 1.807) is 19.9 Å². The highest BCUT2D eigenvalue weighted by Gasteiger charge is 2.45. The van der Waals surface area contributed by atoms with Gasteiger partial charge >= 0.3 is 6.09 Å². The molecule has 0 spiro atoms. The largest absolute Gasteiger partial charge is 0.450 e. The molecule has 1 rings (SSSR count). The molecule has 0 bridgehead atoms. The number of amides is 1. The number of nitrogens with zero attached hydrogens (tertiary/aromatic N) is 1. The molecule has 1 amide bonds. The van der Waals surface area contributed by atoms with Crippen LogP contribution in [0, 0.1) is 0 Å². The third-order valence-corrected chi connectivity index (χ3v) is 4.82. The average Bonchev–Trinajstić information content (AvgIpc) is 2.50. The van der Waals surface area contributed by atoms with Gasteiger partial charge in [0.25, 0.3) is 0 Å². The van der Waals surface area contributed by atoms with Gasteiger partial charge in [-0.1, -0.05) is 6.08 Å². The fraction of sp³-hybridized carbons (Fsp3) is 0.727. The Balaban J connectivity index is 2.91. The van der Waals surface area contributed by atoms with Crippen LogP contribution in [0.1, 0.15) is 20.3 Å². The summed E-state index contributed by atoms with van der Waals surface area (Å²) in [4.78, 5) is 13.2. The quantitative estimate of drug-likeness (QED) is 0.713. The van der Waals surface area contributed by atoms with Gasteiger partial charge in [-0.05, 0) is 20.3 Å². The van der Waals surface area contributed by atoms with E-state index in [2.05, 4.69) is 6.58 Å². The molecule has 1 fully saturated rings. The van der Waals surface area contributed by atoms with Crippen LogP contribution >= 0.6 is 0 Å². The van der Waals surface area contributed by atoms with Gasteiger partial charge in [-0.2, -0.15) is 0 Å². The second-order valence-corrected chi connectivity index (χ2v) is 6.62. The maximum atomic E-state index is 11.8. The van der Waals surface area contributed by atoms with Crippen LogP contribution in [0.3, 0.4) is 0 Å². The van der Waals surface area contributed by atoms with Crippen LogP contribution < -0.4 is 0 Å². The molecular formula is C11H19NO4S. The predicted molar refractivity (Wildman–Crippen MR) is 65.6 cm³/mol. The maximum Gasteiger partial charge on any atom is 0.410 e. The summed E-state index contributed by atoms with van der Waals surface area (Å²) < 4.78 is 28.0. The Kier molecular flexibility index (Phi) is 4.19. The molecular weight excluding hydrogens is 242 g/mol. The summed E-state index contributed by atoms with van der Waals surface area (Å²) in [6.45, 7) is 7.65. The van der Waals surface area contributed by atoms with E-state index in [4.69, 9.17) is 4.74 Å². The molecule has 98 valence electrons. The summed E-state index contributed by atoms with van der Waals surface area (Å²) in [5.74, 6) is 0.114. The third-order valence-electron chi connectivity index (χ3n) is 2.93. The van der Waals surface area contributed by atoms with Gasteiger partial charge in [0.2, 0.25) is 0 Å². The van der Waals surface area contributed by atoms with Crippen molar-refractivity contribution in [3.8, 4) is 0 Å². The van der Waals surface area contributed by atoms with Gasteiger partial charge in [-0.3, -0.25) is 4.90 Å². The molecule has 1 heterocycles. The lowest BCUT2D eigenvalue weighted by Gasteiger charge is -2.35. The van der Waals surface area contributed by atoms with Crippen LogP contribution in [0.5, 0.6) is 0 Å². The normalized spacial score (nSPS) is 26.5. The van der Waals surface area contributed by atoms with Crippen LogP contribution in [0.2, 0.25) is 0 Å². The molecule has 17 heavy (non-hydrogen) atoms. The first-order chi connectivity index (χ1) is 7.84. The van der Waals surface area contributed by atoms with Crippen molar-refractivity contribution in [2.24, 2.45) is 0 Å². The van der Waals surface area contributed by atoms with E-state index in [9.17, 15) is 13.2 Å². The monoisotopic (exact) mass is 261 g/mol. The van der Waals surface area contributed by atoms with E-state index >= 15 is 0 Å². The van der Waals surface area contributed by atoms with E-state index in [0.29, 0.717) is 13.0 Å². The first-order valence-corrected chi connectivity index (χ1v) is 7.42. The van der Waals surface area contributed by atoms with E-state index in [1.807, 2.05) is 0 Å². The lowest BCUT2D eigenvalue weighted by Crippen LogP contribution is -2.51. The van der Waals surface area contributed by atoms with E-state index in [0.717, 1.165) is 0 Å². The summed E-state index contributed by atoms with van der Waals surface area (Å²) in [6, 6.07) is 0. The van der Waals surface area contributed by atoms with Crippen molar-refractivity contribution in [3.63, 3.8) is 0 Å². The number of hydrogen-bond acceptors (Lipinski definition) is 4. The number of ether oxygens (including phenoxy) is 1. The van der Waals surface area contributed by atoms with Crippen molar-refractivity contribution in [1.82, 2.24) is 4.90 Å². The Morgan fingerprint density at radius 2 is 2.24 bits per heavy atom. The molecule has 0 aromatic rings. The molecule has 0 aromatic heterocycles. The Hall–Kier alpha value is -1.04. The van der Waals surface area contributed by atoms with Gasteiger partial charge in [-0.15, -0.1) is 6.58 Å². The van der Waals surface area contributed by atoms with Crippen molar-refractivity contribution in [1.29, 1.82) is 0 Å². The van der Waals surface area contributed by atoms with Gasteiger partial charge in [0, 0.05) is 6.54 Å². The molecule has 0 aromatic carbocycles. The second-order valence-electron chi connectivity index (χ2n) is 4.44. The molecule has 0 N–H and O–H groups in total. The van der Waals surface area contributed by atoms with Gasteiger partial charge in [0.05, 0.1) is 23.7 Å². The van der Waals surface area contributed by atoms with Gasteiger partial charge in [-0.25, -0.2) is 13.2 Å². The van der Waals surface area contributed by atoms with Crippen molar-refractivity contribution in [3.05, 3.63) is 12.7 Å². The molecule has 0 aliphatic carbocycles. The highest BCUT2D eigenvalue weighted by Crippen LogP contribution is 2.30. The first-order valence-electron chi connectivity index (χ1n) is 5.60. The minimum Gasteiger partial charge on any atom is -0.450 e. The third kappa shape index (κ3) is 3.21. The van der Waals surface area contributed by atoms with Crippen LogP contribution in [0.25, 0.3) is 0 Å². The number of rotatable bonds is 4. The Morgan fingerprint density at radius 1 is 1.59 bits per heavy atom. The summed E-state index contributed by atoms with van der Waals surface area (Å²) in [5, 5.41) is 0. The number of sulfone groups is 1. The fourth-order valence-electron chi connectivity index (χ4n) is 2.05. The first kappa shape index (κ1) is 14.0. The van der Waals surface area contributed by atoms with Crippen LogP contribution in [0.15, 0.2) is 12.7 Å². The Morgan fingerprint density at radius 3 is 2.65 bits per heavy atom. The zero-order chi connectivity index (χ0) is 13.1. The maximum absolute atomic E-state index is 11.8. The molecule has 1 atom stereocenters.